The average Bonchev–Trinajstić information content (AvgIpc) is 2.74. The molecule has 5 nitrogen and oxygen atoms in total. The number of nitrogens with two attached hydrogens (primary N) is 1. The second-order valence-electron chi connectivity index (χ2n) is 3.23. The van der Waals surface area contributed by atoms with Crippen LogP contribution in [0.5, 0.6) is 0 Å². The molecule has 16 heavy (non-hydrogen) atoms. The predicted molar refractivity (Wildman–Crippen MR) is 60.1 cm³/mol. The minimum Gasteiger partial charge on any atom is -0.382 e. The lowest BCUT2D eigenvalue weighted by atomic mass is 10.1. The van der Waals surface area contributed by atoms with Crippen molar-refractivity contribution in [2.45, 2.75) is 0 Å². The molecule has 0 saturated heterocycles. The molecular formula is C11H9N5. The van der Waals surface area contributed by atoms with Crippen LogP contribution in [-0.4, -0.2) is 15.7 Å². The monoisotopic (exact) mass is 211 g/mol. The molecule has 1 aromatic heterocycles. The molecule has 0 bridgehead atoms. The van der Waals surface area contributed by atoms with Crippen molar-refractivity contribution >= 4 is 11.5 Å². The Labute approximate surface area is 92.1 Å². The number of benzene rings is 1. The lowest BCUT2D eigenvalue weighted by Crippen LogP contribution is -2.05. The summed E-state index contributed by atoms with van der Waals surface area (Å²) in [6.07, 6.45) is 1.44. The lowest BCUT2D eigenvalue weighted by molar-refractivity contribution is 1.30. The highest BCUT2D eigenvalue weighted by molar-refractivity contribution is 6.12. The molecule has 0 spiro atoms. The Bertz CT molecular complexity index is 576. The first kappa shape index (κ1) is 9.93. The number of rotatable bonds is 2. The van der Waals surface area contributed by atoms with Gasteiger partial charge in [0, 0.05) is 5.56 Å². The van der Waals surface area contributed by atoms with Crippen molar-refractivity contribution in [3.8, 4) is 6.07 Å². The van der Waals surface area contributed by atoms with Crippen LogP contribution < -0.4 is 5.73 Å². The maximum atomic E-state index is 8.76. The normalized spacial score (nSPS) is 9.69. The van der Waals surface area contributed by atoms with Crippen molar-refractivity contribution in [3.63, 3.8) is 0 Å². The van der Waals surface area contributed by atoms with Gasteiger partial charge in [0.15, 0.2) is 5.82 Å². The molecule has 0 aliphatic rings. The molecule has 0 atom stereocenters. The van der Waals surface area contributed by atoms with Crippen LogP contribution in [0.15, 0.2) is 30.6 Å². The third-order valence-corrected chi connectivity index (χ3v) is 2.20. The van der Waals surface area contributed by atoms with E-state index in [4.69, 9.17) is 16.4 Å². The van der Waals surface area contributed by atoms with Crippen molar-refractivity contribution < 1.29 is 0 Å². The summed E-state index contributed by atoms with van der Waals surface area (Å²) in [5.74, 6) is 0.285. The molecule has 0 amide bonds. The highest BCUT2D eigenvalue weighted by Gasteiger charge is 2.10. The van der Waals surface area contributed by atoms with Crippen LogP contribution in [-0.2, 0) is 0 Å². The first-order valence-electron chi connectivity index (χ1n) is 4.60. The van der Waals surface area contributed by atoms with Crippen LogP contribution in [0.3, 0.4) is 0 Å². The SMILES string of the molecule is N#Cc1cccc(C(=N)c2[nH]cnc2N)c1. The number of nitriles is 1. The Balaban J connectivity index is 2.43. The standard InChI is InChI=1S/C11H9N5/c12-5-7-2-1-3-8(4-7)9(13)10-11(14)16-6-15-10/h1-4,6,13H,14H2,(H,15,16). The van der Waals surface area contributed by atoms with Gasteiger partial charge in [0.2, 0.25) is 0 Å². The summed E-state index contributed by atoms with van der Waals surface area (Å²) in [7, 11) is 0. The lowest BCUT2D eigenvalue weighted by Gasteiger charge is -2.02. The first-order chi connectivity index (χ1) is 7.72. The molecule has 0 radical (unpaired) electrons. The zero-order valence-electron chi connectivity index (χ0n) is 8.36. The Morgan fingerprint density at radius 1 is 1.50 bits per heavy atom. The molecule has 4 N–H and O–H groups in total. The van der Waals surface area contributed by atoms with Gasteiger partial charge < -0.3 is 10.7 Å². The highest BCUT2D eigenvalue weighted by atomic mass is 15.0. The molecule has 1 aromatic carbocycles. The Kier molecular flexibility index (Phi) is 2.40. The summed E-state index contributed by atoms with van der Waals surface area (Å²) < 4.78 is 0. The van der Waals surface area contributed by atoms with E-state index in [1.807, 2.05) is 6.07 Å². The van der Waals surface area contributed by atoms with Gasteiger partial charge in [-0.05, 0) is 12.1 Å². The van der Waals surface area contributed by atoms with E-state index in [1.165, 1.54) is 6.33 Å². The second kappa shape index (κ2) is 3.87. The van der Waals surface area contributed by atoms with Crippen LogP contribution in [0.1, 0.15) is 16.8 Å². The maximum absolute atomic E-state index is 8.76. The maximum Gasteiger partial charge on any atom is 0.151 e. The van der Waals surface area contributed by atoms with Crippen molar-refractivity contribution in [1.82, 2.24) is 9.97 Å². The number of hydrogen-bond donors (Lipinski definition) is 3. The van der Waals surface area contributed by atoms with E-state index in [0.29, 0.717) is 16.8 Å². The van der Waals surface area contributed by atoms with Gasteiger partial charge in [-0.2, -0.15) is 5.26 Å². The Morgan fingerprint density at radius 3 is 2.94 bits per heavy atom. The first-order valence-corrected chi connectivity index (χ1v) is 4.60. The fraction of sp³-hybridized carbons (Fsp3) is 0. The summed E-state index contributed by atoms with van der Waals surface area (Å²) >= 11 is 0. The van der Waals surface area contributed by atoms with E-state index in [-0.39, 0.29) is 11.5 Å². The second-order valence-corrected chi connectivity index (χ2v) is 3.23. The Hall–Kier alpha value is -2.61. The van der Waals surface area contributed by atoms with Crippen LogP contribution in [0.4, 0.5) is 5.82 Å². The van der Waals surface area contributed by atoms with Crippen LogP contribution in [0.25, 0.3) is 0 Å². The fourth-order valence-electron chi connectivity index (χ4n) is 1.39. The number of imidazole rings is 1. The van der Waals surface area contributed by atoms with Crippen molar-refractivity contribution in [3.05, 3.63) is 47.4 Å². The highest BCUT2D eigenvalue weighted by Crippen LogP contribution is 2.13. The van der Waals surface area contributed by atoms with Gasteiger partial charge in [0.1, 0.15) is 5.69 Å². The molecule has 0 aliphatic carbocycles. The molecular weight excluding hydrogens is 202 g/mol. The van der Waals surface area contributed by atoms with Gasteiger partial charge in [0.25, 0.3) is 0 Å². The van der Waals surface area contributed by atoms with Crippen LogP contribution in [0, 0.1) is 16.7 Å². The molecule has 78 valence electrons. The van der Waals surface area contributed by atoms with Crippen molar-refractivity contribution in [2.75, 3.05) is 5.73 Å². The van der Waals surface area contributed by atoms with E-state index < -0.39 is 0 Å². The van der Waals surface area contributed by atoms with Crippen molar-refractivity contribution in [1.29, 1.82) is 10.7 Å². The summed E-state index contributed by atoms with van der Waals surface area (Å²) in [6.45, 7) is 0. The third kappa shape index (κ3) is 1.64. The number of nitrogens with one attached hydrogen (secondary N) is 2. The minimum absolute atomic E-state index is 0.229. The van der Waals surface area contributed by atoms with Gasteiger partial charge in [-0.1, -0.05) is 12.1 Å². The largest absolute Gasteiger partial charge is 0.382 e. The number of aromatic nitrogens is 2. The van der Waals surface area contributed by atoms with E-state index in [2.05, 4.69) is 9.97 Å². The summed E-state index contributed by atoms with van der Waals surface area (Å²) in [5, 5.41) is 16.7. The number of aromatic amines is 1. The summed E-state index contributed by atoms with van der Waals surface area (Å²) in [4.78, 5) is 6.62. The summed E-state index contributed by atoms with van der Waals surface area (Å²) in [6, 6.07) is 8.84. The van der Waals surface area contributed by atoms with Gasteiger partial charge in [0.05, 0.1) is 23.7 Å². The van der Waals surface area contributed by atoms with Gasteiger partial charge >= 0.3 is 0 Å². The molecule has 2 rings (SSSR count). The number of H-pyrrole nitrogens is 1. The molecule has 0 unspecified atom stereocenters. The molecule has 1 heterocycles. The fourth-order valence-corrected chi connectivity index (χ4v) is 1.39. The summed E-state index contributed by atoms with van der Waals surface area (Å²) in [5.41, 5.74) is 7.45. The van der Waals surface area contributed by atoms with E-state index in [0.717, 1.165) is 0 Å². The van der Waals surface area contributed by atoms with E-state index >= 15 is 0 Å². The zero-order valence-corrected chi connectivity index (χ0v) is 8.36. The number of hydrogen-bond acceptors (Lipinski definition) is 4. The molecule has 0 aliphatic heterocycles. The topological polar surface area (TPSA) is 102 Å². The number of nitrogen functional groups attached to an aromatic ring is 1. The van der Waals surface area contributed by atoms with E-state index in [9.17, 15) is 0 Å². The Morgan fingerprint density at radius 2 is 2.31 bits per heavy atom. The smallest absolute Gasteiger partial charge is 0.151 e. The number of anilines is 1. The quantitative estimate of drug-likeness (QED) is 0.652. The van der Waals surface area contributed by atoms with E-state index in [1.54, 1.807) is 24.3 Å². The molecule has 0 fully saturated rings. The molecule has 2 aromatic rings. The number of nitrogens with zero attached hydrogens (tertiary/aromatic N) is 2. The minimum atomic E-state index is 0.229. The van der Waals surface area contributed by atoms with Crippen molar-refractivity contribution in [2.24, 2.45) is 0 Å². The third-order valence-electron chi connectivity index (χ3n) is 2.20. The van der Waals surface area contributed by atoms with Crippen LogP contribution >= 0.6 is 0 Å². The molecule has 5 heteroatoms. The van der Waals surface area contributed by atoms with Gasteiger partial charge in [-0.3, -0.25) is 5.41 Å². The van der Waals surface area contributed by atoms with Crippen LogP contribution in [0.2, 0.25) is 0 Å². The van der Waals surface area contributed by atoms with Gasteiger partial charge in [-0.15, -0.1) is 0 Å². The molecule has 0 saturated carbocycles. The zero-order chi connectivity index (χ0) is 11.5. The average molecular weight is 211 g/mol. The van der Waals surface area contributed by atoms with Gasteiger partial charge in [-0.25, -0.2) is 4.98 Å². The predicted octanol–water partition coefficient (Wildman–Crippen LogP) is 1.28.